The molecule has 100 valence electrons. The van der Waals surface area contributed by atoms with E-state index in [1.54, 1.807) is 0 Å². The van der Waals surface area contributed by atoms with E-state index in [2.05, 4.69) is 43.0 Å². The number of rotatable bonds is 4. The van der Waals surface area contributed by atoms with E-state index in [1.807, 2.05) is 0 Å². The van der Waals surface area contributed by atoms with E-state index < -0.39 is 0 Å². The summed E-state index contributed by atoms with van der Waals surface area (Å²) in [4.78, 5) is 2.33. The van der Waals surface area contributed by atoms with Crippen LogP contribution < -0.4 is 5.73 Å². The minimum absolute atomic E-state index is 0.122. The summed E-state index contributed by atoms with van der Waals surface area (Å²) in [6.07, 6.45) is 1.62. The predicted octanol–water partition coefficient (Wildman–Crippen LogP) is 1.84. The molecule has 18 heavy (non-hydrogen) atoms. The SMILES string of the molecule is CCC(N)C(c1cccc(C)c1)N1CCC(O)C1. The summed E-state index contributed by atoms with van der Waals surface area (Å²) in [5, 5.41) is 9.72. The molecular formula is C15H24N2O. The van der Waals surface area contributed by atoms with E-state index in [-0.39, 0.29) is 18.2 Å². The van der Waals surface area contributed by atoms with Gasteiger partial charge < -0.3 is 10.8 Å². The summed E-state index contributed by atoms with van der Waals surface area (Å²) < 4.78 is 0. The molecule has 0 saturated carbocycles. The molecule has 3 heteroatoms. The maximum atomic E-state index is 9.72. The van der Waals surface area contributed by atoms with E-state index in [0.29, 0.717) is 0 Å². The van der Waals surface area contributed by atoms with Crippen LogP contribution in [0, 0.1) is 6.92 Å². The lowest BCUT2D eigenvalue weighted by Crippen LogP contribution is -2.40. The number of β-amino-alcohol motifs (C(OH)–C–C–N with tert-alkyl or cyclic N) is 1. The van der Waals surface area contributed by atoms with Crippen LogP contribution in [0.25, 0.3) is 0 Å². The first-order chi connectivity index (χ1) is 8.61. The Morgan fingerprint density at radius 2 is 2.28 bits per heavy atom. The summed E-state index contributed by atoms with van der Waals surface area (Å²) in [5.74, 6) is 0. The molecule has 1 aromatic carbocycles. The van der Waals surface area contributed by atoms with Crippen LogP contribution in [0.1, 0.15) is 36.9 Å². The Kier molecular flexibility index (Phi) is 4.38. The Bertz CT molecular complexity index is 394. The highest BCUT2D eigenvalue weighted by molar-refractivity contribution is 5.26. The molecule has 1 aromatic rings. The van der Waals surface area contributed by atoms with Gasteiger partial charge in [0.1, 0.15) is 0 Å². The van der Waals surface area contributed by atoms with Gasteiger partial charge in [-0.15, -0.1) is 0 Å². The van der Waals surface area contributed by atoms with Crippen molar-refractivity contribution in [2.45, 2.75) is 44.9 Å². The van der Waals surface area contributed by atoms with Crippen LogP contribution in [0.15, 0.2) is 24.3 Å². The molecule has 3 atom stereocenters. The predicted molar refractivity (Wildman–Crippen MR) is 74.4 cm³/mol. The highest BCUT2D eigenvalue weighted by atomic mass is 16.3. The largest absolute Gasteiger partial charge is 0.392 e. The average Bonchev–Trinajstić information content (AvgIpc) is 2.76. The lowest BCUT2D eigenvalue weighted by molar-refractivity contribution is 0.148. The molecule has 0 aliphatic carbocycles. The van der Waals surface area contributed by atoms with Gasteiger partial charge in [-0.05, 0) is 25.3 Å². The Morgan fingerprint density at radius 3 is 2.83 bits per heavy atom. The standard InChI is InChI=1S/C15H24N2O/c1-3-14(16)15(17-8-7-13(18)10-17)12-6-4-5-11(2)9-12/h4-6,9,13-15,18H,3,7-8,10,16H2,1-2H3. The van der Waals surface area contributed by atoms with Gasteiger partial charge in [-0.25, -0.2) is 0 Å². The molecule has 3 N–H and O–H groups in total. The van der Waals surface area contributed by atoms with Gasteiger partial charge in [0.05, 0.1) is 6.10 Å². The van der Waals surface area contributed by atoms with Gasteiger partial charge in [-0.2, -0.15) is 0 Å². The Hall–Kier alpha value is -0.900. The minimum atomic E-state index is -0.193. The average molecular weight is 248 g/mol. The van der Waals surface area contributed by atoms with Crippen molar-refractivity contribution in [3.63, 3.8) is 0 Å². The minimum Gasteiger partial charge on any atom is -0.392 e. The van der Waals surface area contributed by atoms with Gasteiger partial charge in [0.2, 0.25) is 0 Å². The second-order valence-electron chi connectivity index (χ2n) is 5.37. The lowest BCUT2D eigenvalue weighted by Gasteiger charge is -2.32. The van der Waals surface area contributed by atoms with Crippen molar-refractivity contribution in [2.24, 2.45) is 5.73 Å². The molecular weight excluding hydrogens is 224 g/mol. The number of nitrogens with two attached hydrogens (primary N) is 1. The van der Waals surface area contributed by atoms with Crippen LogP contribution >= 0.6 is 0 Å². The first-order valence-corrected chi connectivity index (χ1v) is 6.86. The molecule has 1 aliphatic rings. The highest BCUT2D eigenvalue weighted by Crippen LogP contribution is 2.29. The molecule has 0 bridgehead atoms. The molecule has 0 amide bonds. The fraction of sp³-hybridized carbons (Fsp3) is 0.600. The summed E-state index contributed by atoms with van der Waals surface area (Å²) in [5.41, 5.74) is 8.84. The summed E-state index contributed by atoms with van der Waals surface area (Å²) in [7, 11) is 0. The zero-order valence-corrected chi connectivity index (χ0v) is 11.3. The van der Waals surface area contributed by atoms with Gasteiger partial charge >= 0.3 is 0 Å². The molecule has 1 aliphatic heterocycles. The maximum Gasteiger partial charge on any atom is 0.0679 e. The smallest absolute Gasteiger partial charge is 0.0679 e. The van der Waals surface area contributed by atoms with Crippen LogP contribution in [0.5, 0.6) is 0 Å². The molecule has 0 aromatic heterocycles. The van der Waals surface area contributed by atoms with E-state index in [0.717, 1.165) is 25.9 Å². The molecule has 3 unspecified atom stereocenters. The van der Waals surface area contributed by atoms with Gasteiger partial charge in [-0.3, -0.25) is 4.90 Å². The zero-order chi connectivity index (χ0) is 13.1. The molecule has 3 nitrogen and oxygen atoms in total. The summed E-state index contributed by atoms with van der Waals surface area (Å²) >= 11 is 0. The van der Waals surface area contributed by atoms with Crippen LogP contribution in [0.3, 0.4) is 0 Å². The van der Waals surface area contributed by atoms with E-state index >= 15 is 0 Å². The number of likely N-dealkylation sites (tertiary alicyclic amines) is 1. The fourth-order valence-corrected chi connectivity index (χ4v) is 2.83. The zero-order valence-electron chi connectivity index (χ0n) is 11.3. The van der Waals surface area contributed by atoms with Crippen molar-refractivity contribution in [3.05, 3.63) is 35.4 Å². The van der Waals surface area contributed by atoms with Crippen molar-refractivity contribution in [1.82, 2.24) is 4.90 Å². The number of hydrogen-bond acceptors (Lipinski definition) is 3. The summed E-state index contributed by atoms with van der Waals surface area (Å²) in [6, 6.07) is 8.91. The normalized spacial score (nSPS) is 24.1. The Balaban J connectivity index is 2.25. The van der Waals surface area contributed by atoms with Gasteiger partial charge in [0.25, 0.3) is 0 Å². The van der Waals surface area contributed by atoms with Gasteiger partial charge in [0.15, 0.2) is 0 Å². The van der Waals surface area contributed by atoms with Crippen LogP contribution in [-0.2, 0) is 0 Å². The molecule has 0 radical (unpaired) electrons. The van der Waals surface area contributed by atoms with Crippen LogP contribution in [0.2, 0.25) is 0 Å². The maximum absolute atomic E-state index is 9.72. The van der Waals surface area contributed by atoms with Crippen molar-refractivity contribution in [1.29, 1.82) is 0 Å². The number of aryl methyl sites for hydroxylation is 1. The second-order valence-corrected chi connectivity index (χ2v) is 5.37. The third kappa shape index (κ3) is 2.91. The topological polar surface area (TPSA) is 49.5 Å². The van der Waals surface area contributed by atoms with Gasteiger partial charge in [-0.1, -0.05) is 36.8 Å². The number of benzene rings is 1. The van der Waals surface area contributed by atoms with Crippen molar-refractivity contribution < 1.29 is 5.11 Å². The number of hydrogen-bond donors (Lipinski definition) is 2. The van der Waals surface area contributed by atoms with E-state index in [9.17, 15) is 5.11 Å². The third-order valence-corrected chi connectivity index (χ3v) is 3.85. The molecule has 1 heterocycles. The van der Waals surface area contributed by atoms with E-state index in [4.69, 9.17) is 5.73 Å². The first kappa shape index (κ1) is 13.5. The monoisotopic (exact) mass is 248 g/mol. The third-order valence-electron chi connectivity index (χ3n) is 3.85. The quantitative estimate of drug-likeness (QED) is 0.855. The van der Waals surface area contributed by atoms with Crippen molar-refractivity contribution >= 4 is 0 Å². The fourth-order valence-electron chi connectivity index (χ4n) is 2.83. The highest BCUT2D eigenvalue weighted by Gasteiger charge is 2.31. The van der Waals surface area contributed by atoms with Crippen molar-refractivity contribution in [3.8, 4) is 0 Å². The number of nitrogens with zero attached hydrogens (tertiary/aromatic N) is 1. The van der Waals surface area contributed by atoms with E-state index in [1.165, 1.54) is 11.1 Å². The number of aliphatic hydroxyl groups excluding tert-OH is 1. The Morgan fingerprint density at radius 1 is 1.50 bits per heavy atom. The molecule has 0 spiro atoms. The van der Waals surface area contributed by atoms with Gasteiger partial charge in [0, 0.05) is 25.2 Å². The Labute approximate surface area is 110 Å². The van der Waals surface area contributed by atoms with Crippen molar-refractivity contribution in [2.75, 3.05) is 13.1 Å². The molecule has 1 saturated heterocycles. The first-order valence-electron chi connectivity index (χ1n) is 6.86. The molecule has 1 fully saturated rings. The van der Waals surface area contributed by atoms with Crippen LogP contribution in [-0.4, -0.2) is 35.2 Å². The van der Waals surface area contributed by atoms with Crippen LogP contribution in [0.4, 0.5) is 0 Å². The second kappa shape index (κ2) is 5.83. The lowest BCUT2D eigenvalue weighted by atomic mass is 9.95. The molecule has 2 rings (SSSR count). The number of aliphatic hydroxyl groups is 1. The summed E-state index contributed by atoms with van der Waals surface area (Å²) in [6.45, 7) is 5.91.